The maximum atomic E-state index is 14.4. The van der Waals surface area contributed by atoms with E-state index in [4.69, 9.17) is 11.5 Å². The van der Waals surface area contributed by atoms with E-state index in [0.29, 0.717) is 18.4 Å². The summed E-state index contributed by atoms with van der Waals surface area (Å²) in [4.78, 5) is 135. The van der Waals surface area contributed by atoms with Crippen LogP contribution in [0, 0.1) is 11.8 Å². The smallest absolute Gasteiger partial charge is 0.250 e. The molecule has 372 valence electrons. The highest BCUT2D eigenvalue weighted by atomic mass is 33.1. The van der Waals surface area contributed by atoms with Crippen molar-refractivity contribution in [1.29, 1.82) is 0 Å². The Labute approximate surface area is 395 Å². The monoisotopic (exact) mass is 980 g/mol. The van der Waals surface area contributed by atoms with Crippen LogP contribution in [0.5, 0.6) is 5.75 Å². The maximum Gasteiger partial charge on any atom is 0.250 e. The molecule has 1 aromatic rings. The fourth-order valence-corrected chi connectivity index (χ4v) is 9.35. The topological polar surface area (TPSA) is 371 Å². The van der Waals surface area contributed by atoms with E-state index in [9.17, 15) is 63.3 Å². The van der Waals surface area contributed by atoms with Crippen molar-refractivity contribution in [3.63, 3.8) is 0 Å². The Hall–Kier alpha value is -5.66. The number of nitrogens with one attached hydrogen (secondary N) is 7. The molecule has 10 atom stereocenters. The van der Waals surface area contributed by atoms with Crippen LogP contribution in [0.2, 0.25) is 0 Å². The fraction of sp³-hybridized carbons (Fsp3) is 0.619. The Morgan fingerprint density at radius 1 is 0.806 bits per heavy atom. The zero-order chi connectivity index (χ0) is 50.1. The number of aromatic hydroxyl groups is 1. The number of rotatable bonds is 15. The maximum absolute atomic E-state index is 14.4. The van der Waals surface area contributed by atoms with Gasteiger partial charge in [0.25, 0.3) is 0 Å². The number of phenolic OH excluding ortho intramolecular Hbond substituents is 1. The van der Waals surface area contributed by atoms with Crippen LogP contribution in [0.4, 0.5) is 0 Å². The van der Waals surface area contributed by atoms with Gasteiger partial charge in [0.15, 0.2) is 0 Å². The van der Waals surface area contributed by atoms with E-state index in [0.717, 1.165) is 21.6 Å². The number of carbonyl (C=O) groups is 10. The van der Waals surface area contributed by atoms with Crippen molar-refractivity contribution in [2.24, 2.45) is 23.3 Å². The first-order chi connectivity index (χ1) is 31.5. The molecule has 0 saturated carbocycles. The van der Waals surface area contributed by atoms with Crippen LogP contribution < -0.4 is 48.7 Å². The highest BCUT2D eigenvalue weighted by molar-refractivity contribution is 8.76. The van der Waals surface area contributed by atoms with Gasteiger partial charge in [-0.2, -0.15) is 0 Å². The number of hydrogen-bond donors (Lipinski definition) is 12. The van der Waals surface area contributed by atoms with Gasteiger partial charge in [-0.1, -0.05) is 67.8 Å². The van der Waals surface area contributed by atoms with Gasteiger partial charge in [0.1, 0.15) is 54.1 Å². The second-order valence-corrected chi connectivity index (χ2v) is 19.5. The second-order valence-electron chi connectivity index (χ2n) is 17.0. The van der Waals surface area contributed by atoms with Gasteiger partial charge in [-0.05, 0) is 55.7 Å². The molecule has 2 saturated heterocycles. The van der Waals surface area contributed by atoms with Crippen LogP contribution in [0.15, 0.2) is 24.3 Å². The second kappa shape index (κ2) is 26.6. The molecule has 0 aliphatic carbocycles. The number of primary amides is 2. The van der Waals surface area contributed by atoms with E-state index in [1.54, 1.807) is 13.8 Å². The predicted molar refractivity (Wildman–Crippen MR) is 246 cm³/mol. The van der Waals surface area contributed by atoms with Gasteiger partial charge in [0, 0.05) is 24.5 Å². The molecule has 14 N–H and O–H groups in total. The SMILES string of the molecule is CC[C@H](C)[C@@H]1NC(=O)[C@H](Cc2ccc(O)cc2)NC(=O)[C@H](O)CSSC[C@@H](C(=O)N2CCC[C@H]2C(=O)N[C@@H](CC(C)C)C(=O)NCC(N)=O)NC(=O)[C@H](CC(N)=O)NC(=O)[C@H]([C@@H](C)O)NC1=O. The molecule has 3 rings (SSSR count). The minimum atomic E-state index is -1.78. The first kappa shape index (κ1) is 55.7. The van der Waals surface area contributed by atoms with Crippen molar-refractivity contribution < 1.29 is 63.3 Å². The van der Waals surface area contributed by atoms with Gasteiger partial charge in [0.2, 0.25) is 59.1 Å². The lowest BCUT2D eigenvalue weighted by Gasteiger charge is -2.31. The van der Waals surface area contributed by atoms with Gasteiger partial charge in [-0.25, -0.2) is 0 Å². The molecular formula is C42H64N10O13S2. The first-order valence-corrected chi connectivity index (χ1v) is 24.4. The number of nitrogens with zero attached hydrogens (tertiary/aromatic N) is 1. The normalized spacial score (nSPS) is 25.2. The summed E-state index contributed by atoms with van der Waals surface area (Å²) in [6, 6.07) is -4.26. The standard InChI is InChI=1S/C42H64N10O13S2/c1-6-21(4)33-40(63)51-34(22(5)53)41(64)48-27(16-31(43)56)36(59)49-28(18-66-67-19-30(55)39(62)47-26(37(60)50-33)15-23-9-11-24(54)12-10-23)42(65)52-13-7-8-29(52)38(61)46-25(14-20(2)3)35(58)45-17-32(44)57/h9-12,20-22,25-30,33-34,53-55H,6-8,13-19H2,1-5H3,(H2,43,56)(H2,44,57)(H,45,58)(H,46,61)(H,47,62)(H,48,64)(H,49,59)(H,50,60)(H,51,63)/t21-,22+,25-,26-,27-,28-,29-,30+,33-,34-/m0/s1. The van der Waals surface area contributed by atoms with Crippen LogP contribution in [-0.2, 0) is 54.4 Å². The number of hydrogen-bond acceptors (Lipinski definition) is 15. The van der Waals surface area contributed by atoms with E-state index >= 15 is 0 Å². The Kier molecular flexibility index (Phi) is 22.1. The molecule has 0 radical (unpaired) electrons. The molecule has 10 amide bonds. The molecule has 2 fully saturated rings. The Bertz CT molecular complexity index is 1960. The van der Waals surface area contributed by atoms with Crippen LogP contribution in [0.1, 0.15) is 72.3 Å². The largest absolute Gasteiger partial charge is 0.508 e. The molecule has 2 heterocycles. The quantitative estimate of drug-likeness (QED) is 0.0761. The molecule has 0 aromatic heterocycles. The molecule has 2 aliphatic heterocycles. The van der Waals surface area contributed by atoms with Crippen LogP contribution >= 0.6 is 21.6 Å². The predicted octanol–water partition coefficient (Wildman–Crippen LogP) is -3.46. The summed E-state index contributed by atoms with van der Waals surface area (Å²) in [7, 11) is 1.85. The summed E-state index contributed by atoms with van der Waals surface area (Å²) in [5, 5.41) is 48.9. The lowest BCUT2D eigenvalue weighted by atomic mass is 9.96. The van der Waals surface area contributed by atoms with E-state index < -0.39 is 132 Å². The van der Waals surface area contributed by atoms with Crippen LogP contribution in [0.25, 0.3) is 0 Å². The molecule has 67 heavy (non-hydrogen) atoms. The van der Waals surface area contributed by atoms with E-state index in [1.807, 2.05) is 13.8 Å². The zero-order valence-electron chi connectivity index (χ0n) is 38.1. The highest BCUT2D eigenvalue weighted by Crippen LogP contribution is 2.26. The third kappa shape index (κ3) is 17.5. The lowest BCUT2D eigenvalue weighted by Crippen LogP contribution is -2.63. The summed E-state index contributed by atoms with van der Waals surface area (Å²) in [6.45, 7) is 7.71. The Balaban J connectivity index is 2.02. The zero-order valence-corrected chi connectivity index (χ0v) is 39.7. The third-order valence-electron chi connectivity index (χ3n) is 11.0. The van der Waals surface area contributed by atoms with E-state index in [-0.39, 0.29) is 49.0 Å². The van der Waals surface area contributed by atoms with Gasteiger partial charge in [-0.15, -0.1) is 0 Å². The average Bonchev–Trinajstić information content (AvgIpc) is 3.76. The molecule has 23 nitrogen and oxygen atoms in total. The average molecular weight is 981 g/mol. The first-order valence-electron chi connectivity index (χ1n) is 21.9. The van der Waals surface area contributed by atoms with Crippen molar-refractivity contribution in [1.82, 2.24) is 42.1 Å². The molecule has 1 aromatic carbocycles. The summed E-state index contributed by atoms with van der Waals surface area (Å²) in [5.74, 6) is -10.3. The number of aliphatic hydroxyl groups excluding tert-OH is 2. The van der Waals surface area contributed by atoms with Crippen molar-refractivity contribution in [3.05, 3.63) is 29.8 Å². The van der Waals surface area contributed by atoms with E-state index in [2.05, 4.69) is 37.2 Å². The summed E-state index contributed by atoms with van der Waals surface area (Å²) < 4.78 is 0. The lowest BCUT2D eigenvalue weighted by molar-refractivity contribution is -0.142. The molecular weight excluding hydrogens is 917 g/mol. The van der Waals surface area contributed by atoms with Crippen molar-refractivity contribution in [2.75, 3.05) is 24.6 Å². The van der Waals surface area contributed by atoms with E-state index in [1.165, 1.54) is 36.1 Å². The van der Waals surface area contributed by atoms with Gasteiger partial charge in [0.05, 0.1) is 19.1 Å². The van der Waals surface area contributed by atoms with Crippen LogP contribution in [0.3, 0.4) is 0 Å². The summed E-state index contributed by atoms with van der Waals surface area (Å²) in [6.07, 6.45) is -3.31. The number of phenols is 1. The number of likely N-dealkylation sites (tertiary alicyclic amines) is 1. The molecule has 25 heteroatoms. The van der Waals surface area contributed by atoms with Gasteiger partial charge >= 0.3 is 0 Å². The number of aliphatic hydroxyl groups is 2. The molecule has 0 spiro atoms. The molecule has 0 unspecified atom stereocenters. The van der Waals surface area contributed by atoms with Crippen LogP contribution in [-0.4, -0.2) is 158 Å². The number of nitrogens with two attached hydrogens (primary N) is 2. The van der Waals surface area contributed by atoms with Gasteiger partial charge < -0.3 is 68.9 Å². The van der Waals surface area contributed by atoms with Gasteiger partial charge in [-0.3, -0.25) is 47.9 Å². The third-order valence-corrected chi connectivity index (χ3v) is 13.4. The molecule has 0 bridgehead atoms. The summed E-state index contributed by atoms with van der Waals surface area (Å²) >= 11 is 0. The van der Waals surface area contributed by atoms with Crippen molar-refractivity contribution in [2.45, 2.75) is 128 Å². The number of benzene rings is 1. The Morgan fingerprint density at radius 3 is 2.00 bits per heavy atom. The molecule has 2 aliphatic rings. The summed E-state index contributed by atoms with van der Waals surface area (Å²) in [5.41, 5.74) is 11.1. The highest BCUT2D eigenvalue weighted by Gasteiger charge is 2.41. The minimum absolute atomic E-state index is 0.0381. The van der Waals surface area contributed by atoms with Crippen molar-refractivity contribution >= 4 is 80.7 Å². The Morgan fingerprint density at radius 2 is 1.40 bits per heavy atom. The van der Waals surface area contributed by atoms with Crippen molar-refractivity contribution in [3.8, 4) is 5.75 Å². The number of amides is 10. The minimum Gasteiger partial charge on any atom is -0.508 e. The fourth-order valence-electron chi connectivity index (χ4n) is 7.14. The number of carbonyl (C=O) groups excluding carboxylic acids is 10.